The van der Waals surface area contributed by atoms with Gasteiger partial charge in [-0.05, 0) is 54.1 Å². The van der Waals surface area contributed by atoms with Crippen molar-refractivity contribution in [1.82, 2.24) is 4.90 Å². The molecular weight excluding hydrogens is 515 g/mol. The van der Waals surface area contributed by atoms with Crippen molar-refractivity contribution in [1.29, 1.82) is 0 Å². The van der Waals surface area contributed by atoms with Gasteiger partial charge in [-0.2, -0.15) is 0 Å². The minimum absolute atomic E-state index is 0.173. The predicted molar refractivity (Wildman–Crippen MR) is 140 cm³/mol. The fraction of sp³-hybridized carbons (Fsp3) is 0.0417. The molecule has 0 bridgehead atoms. The summed E-state index contributed by atoms with van der Waals surface area (Å²) in [5.41, 5.74) is 2.28. The molecule has 0 atom stereocenters. The number of halogens is 2. The van der Waals surface area contributed by atoms with Gasteiger partial charge >= 0.3 is 0 Å². The fourth-order valence-electron chi connectivity index (χ4n) is 3.55. The molecule has 1 fully saturated rings. The summed E-state index contributed by atoms with van der Waals surface area (Å²) in [7, 11) is 0. The number of amides is 2. The molecule has 0 saturated carbocycles. The maximum Gasteiger partial charge on any atom is 0.266 e. The first kappa shape index (κ1) is 22.5. The Morgan fingerprint density at radius 3 is 2.39 bits per heavy atom. The lowest BCUT2D eigenvalue weighted by molar-refractivity contribution is -0.127. The van der Waals surface area contributed by atoms with E-state index in [1.54, 1.807) is 47.0 Å². The van der Waals surface area contributed by atoms with E-state index in [9.17, 15) is 9.59 Å². The lowest BCUT2D eigenvalue weighted by Gasteiger charge is -2.32. The lowest BCUT2D eigenvalue weighted by Crippen LogP contribution is -2.41. The molecule has 1 saturated heterocycles. The Kier molecular flexibility index (Phi) is 6.24. The van der Waals surface area contributed by atoms with Crippen molar-refractivity contribution in [3.63, 3.8) is 0 Å². The lowest BCUT2D eigenvalue weighted by atomic mass is 10.2. The number of hydrogen-bond donors (Lipinski definition) is 0. The van der Waals surface area contributed by atoms with Crippen LogP contribution in [-0.4, -0.2) is 27.6 Å². The van der Waals surface area contributed by atoms with Crippen molar-refractivity contribution in [3.8, 4) is 0 Å². The highest BCUT2D eigenvalue weighted by molar-refractivity contribution is 8.26. The molecule has 0 N–H and O–H groups in total. The van der Waals surface area contributed by atoms with E-state index >= 15 is 0 Å². The van der Waals surface area contributed by atoms with Crippen LogP contribution in [0.15, 0.2) is 81.4 Å². The number of anilines is 2. The Hall–Kier alpha value is -2.29. The molecule has 5 rings (SSSR count). The van der Waals surface area contributed by atoms with E-state index in [1.807, 2.05) is 42.5 Å². The summed E-state index contributed by atoms with van der Waals surface area (Å²) < 4.78 is 0.347. The number of thioether (sulfide) groups is 1. The minimum atomic E-state index is -0.292. The molecule has 9 heteroatoms. The highest BCUT2D eigenvalue weighted by Gasteiger charge is 2.36. The summed E-state index contributed by atoms with van der Waals surface area (Å²) in [6.45, 7) is -0.173. The zero-order valence-electron chi connectivity index (χ0n) is 16.8. The van der Waals surface area contributed by atoms with Gasteiger partial charge < -0.3 is 0 Å². The average Bonchev–Trinajstić information content (AvgIpc) is 3.06. The topological polar surface area (TPSA) is 40.6 Å². The first-order valence-corrected chi connectivity index (χ1v) is 12.6. The molecular formula is C24H14Cl2N2O2S3. The van der Waals surface area contributed by atoms with Crippen LogP contribution in [0.3, 0.4) is 0 Å². The highest BCUT2D eigenvalue weighted by Crippen LogP contribution is 2.49. The van der Waals surface area contributed by atoms with Crippen molar-refractivity contribution in [3.05, 3.63) is 87.2 Å². The molecule has 0 aromatic heterocycles. The molecule has 2 heterocycles. The molecule has 3 aromatic carbocycles. The number of benzene rings is 3. The normalized spacial score (nSPS) is 16.2. The van der Waals surface area contributed by atoms with Crippen LogP contribution in [0.25, 0.3) is 6.08 Å². The zero-order valence-corrected chi connectivity index (χ0v) is 20.8. The Morgan fingerprint density at radius 2 is 1.61 bits per heavy atom. The standard InChI is InChI=1S/C24H14Cl2N2O2S3/c25-15-7-5-14(6-8-15)11-21-23(30)27(24(31)33-21)13-22(29)28-17-3-1-2-4-19(17)32-20-10-9-16(26)12-18(20)28/h1-12H,13H2. The monoisotopic (exact) mass is 528 g/mol. The Labute approximate surface area is 214 Å². The highest BCUT2D eigenvalue weighted by atomic mass is 35.5. The van der Waals surface area contributed by atoms with Crippen LogP contribution >= 0.6 is 58.9 Å². The Bertz CT molecular complexity index is 1340. The summed E-state index contributed by atoms with van der Waals surface area (Å²) in [5, 5.41) is 1.15. The van der Waals surface area contributed by atoms with Crippen LogP contribution in [-0.2, 0) is 9.59 Å². The molecule has 0 spiro atoms. The van der Waals surface area contributed by atoms with Crippen molar-refractivity contribution in [2.75, 3.05) is 11.4 Å². The number of nitrogens with zero attached hydrogens (tertiary/aromatic N) is 2. The number of hydrogen-bond acceptors (Lipinski definition) is 5. The van der Waals surface area contributed by atoms with Gasteiger partial charge in [0, 0.05) is 19.8 Å². The third kappa shape index (κ3) is 4.44. The third-order valence-electron chi connectivity index (χ3n) is 5.07. The first-order chi connectivity index (χ1) is 15.9. The second kappa shape index (κ2) is 9.16. The van der Waals surface area contributed by atoms with Gasteiger partial charge in [0.2, 0.25) is 0 Å². The smallest absolute Gasteiger partial charge is 0.266 e. The van der Waals surface area contributed by atoms with Gasteiger partial charge in [-0.15, -0.1) is 0 Å². The first-order valence-electron chi connectivity index (χ1n) is 9.81. The molecule has 33 heavy (non-hydrogen) atoms. The summed E-state index contributed by atoms with van der Waals surface area (Å²) in [6.07, 6.45) is 1.75. The van der Waals surface area contributed by atoms with Crippen molar-refractivity contribution in [2.24, 2.45) is 0 Å². The van der Waals surface area contributed by atoms with Gasteiger partial charge in [0.15, 0.2) is 0 Å². The minimum Gasteiger partial charge on any atom is -0.283 e. The van der Waals surface area contributed by atoms with Gasteiger partial charge in [-0.3, -0.25) is 19.4 Å². The van der Waals surface area contributed by atoms with E-state index in [1.165, 1.54) is 16.7 Å². The van der Waals surface area contributed by atoms with E-state index < -0.39 is 0 Å². The molecule has 0 radical (unpaired) electrons. The number of para-hydroxylation sites is 1. The zero-order chi connectivity index (χ0) is 23.1. The van der Waals surface area contributed by atoms with Gasteiger partial charge in [-0.25, -0.2) is 0 Å². The molecule has 4 nitrogen and oxygen atoms in total. The maximum atomic E-state index is 13.6. The number of carbonyl (C=O) groups excluding carboxylic acids is 2. The molecule has 2 aliphatic heterocycles. The second-order valence-corrected chi connectivity index (χ2v) is 10.9. The maximum absolute atomic E-state index is 13.6. The number of fused-ring (bicyclic) bond motifs is 2. The molecule has 0 unspecified atom stereocenters. The van der Waals surface area contributed by atoms with Crippen LogP contribution in [0.1, 0.15) is 5.56 Å². The molecule has 2 amide bonds. The quantitative estimate of drug-likeness (QED) is 0.269. The van der Waals surface area contributed by atoms with Gasteiger partial charge in [0.1, 0.15) is 10.9 Å². The van der Waals surface area contributed by atoms with E-state index in [4.69, 9.17) is 35.4 Å². The van der Waals surface area contributed by atoms with Crippen LogP contribution in [0, 0.1) is 0 Å². The summed E-state index contributed by atoms with van der Waals surface area (Å²) in [6, 6.07) is 20.3. The number of thiocarbonyl (C=S) groups is 1. The van der Waals surface area contributed by atoms with E-state index in [0.29, 0.717) is 25.0 Å². The molecule has 164 valence electrons. The van der Waals surface area contributed by atoms with Crippen molar-refractivity contribution in [2.45, 2.75) is 9.79 Å². The summed E-state index contributed by atoms with van der Waals surface area (Å²) in [4.78, 5) is 31.9. The second-order valence-electron chi connectivity index (χ2n) is 7.23. The predicted octanol–water partition coefficient (Wildman–Crippen LogP) is 7.02. The third-order valence-corrected chi connectivity index (χ3v) is 8.07. The molecule has 3 aromatic rings. The van der Waals surface area contributed by atoms with E-state index in [0.717, 1.165) is 21.0 Å². The molecule has 2 aliphatic rings. The van der Waals surface area contributed by atoms with Crippen LogP contribution < -0.4 is 4.90 Å². The van der Waals surface area contributed by atoms with Gasteiger partial charge in [-0.1, -0.05) is 83.2 Å². The Balaban J connectivity index is 1.44. The fourth-order valence-corrected chi connectivity index (χ4v) is 6.14. The average molecular weight is 529 g/mol. The van der Waals surface area contributed by atoms with Crippen LogP contribution in [0.2, 0.25) is 10.0 Å². The number of rotatable bonds is 3. The summed E-state index contributed by atoms with van der Waals surface area (Å²) >= 11 is 20.4. The number of carbonyl (C=O) groups is 2. The van der Waals surface area contributed by atoms with Gasteiger partial charge in [0.05, 0.1) is 16.3 Å². The van der Waals surface area contributed by atoms with Crippen molar-refractivity contribution < 1.29 is 9.59 Å². The van der Waals surface area contributed by atoms with E-state index in [-0.39, 0.29) is 18.4 Å². The van der Waals surface area contributed by atoms with E-state index in [2.05, 4.69) is 0 Å². The summed E-state index contributed by atoms with van der Waals surface area (Å²) in [5.74, 6) is -0.561. The van der Waals surface area contributed by atoms with Crippen LogP contribution in [0.4, 0.5) is 11.4 Å². The largest absolute Gasteiger partial charge is 0.283 e. The SMILES string of the molecule is O=C1C(=Cc2ccc(Cl)cc2)SC(=S)N1CC(=O)N1c2ccccc2Sc2ccc(Cl)cc21. The van der Waals surface area contributed by atoms with Gasteiger partial charge in [0.25, 0.3) is 11.8 Å². The molecule has 0 aliphatic carbocycles. The van der Waals surface area contributed by atoms with Crippen molar-refractivity contribution >= 4 is 92.5 Å². The van der Waals surface area contributed by atoms with Crippen LogP contribution in [0.5, 0.6) is 0 Å². The Morgan fingerprint density at radius 1 is 0.909 bits per heavy atom.